The Kier molecular flexibility index (Phi) is 7.48. The summed E-state index contributed by atoms with van der Waals surface area (Å²) in [5.41, 5.74) is -0.109. The van der Waals surface area contributed by atoms with Gasteiger partial charge in [-0.2, -0.15) is 0 Å². The topological polar surface area (TPSA) is 116 Å². The Labute approximate surface area is 171 Å². The molecule has 0 radical (unpaired) electrons. The van der Waals surface area contributed by atoms with E-state index in [0.717, 1.165) is 24.3 Å². The molecule has 0 fully saturated rings. The molecule has 1 amide bonds. The molecule has 0 saturated carbocycles. The molecule has 0 atom stereocenters. The Morgan fingerprint density at radius 1 is 1.10 bits per heavy atom. The maximum atomic E-state index is 13.1. The molecule has 1 rings (SSSR count). The van der Waals surface area contributed by atoms with Crippen LogP contribution in [0.15, 0.2) is 40.9 Å². The van der Waals surface area contributed by atoms with E-state index < -0.39 is 44.1 Å². The van der Waals surface area contributed by atoms with Gasteiger partial charge in [0.1, 0.15) is 10.6 Å². The number of hydrogen-bond donors (Lipinski definition) is 3. The number of carbonyl (C=O) groups excluding carboxylic acids is 2. The lowest BCUT2D eigenvalue weighted by Gasteiger charge is -2.24. The smallest absolute Gasteiger partial charge is 0.241 e. The van der Waals surface area contributed by atoms with Crippen LogP contribution in [0, 0.1) is 16.6 Å². The highest BCUT2D eigenvalue weighted by Crippen LogP contribution is 2.26. The zero-order valence-corrected chi connectivity index (χ0v) is 18.3. The summed E-state index contributed by atoms with van der Waals surface area (Å²) < 4.78 is 36.7. The number of hydrogen-bond acceptors (Lipinski definition) is 6. The Balaban J connectivity index is 2.97. The molecule has 0 saturated heterocycles. The van der Waals surface area contributed by atoms with E-state index in [0.29, 0.717) is 0 Å². The van der Waals surface area contributed by atoms with E-state index in [-0.39, 0.29) is 16.3 Å². The first-order valence-electron chi connectivity index (χ1n) is 8.94. The van der Waals surface area contributed by atoms with Gasteiger partial charge in [-0.15, -0.1) is 0 Å². The average molecular weight is 426 g/mol. The summed E-state index contributed by atoms with van der Waals surface area (Å²) in [4.78, 5) is 24.7. The fourth-order valence-electron chi connectivity index (χ4n) is 2.15. The lowest BCUT2D eigenvalue weighted by atomic mass is 9.89. The van der Waals surface area contributed by atoms with Crippen molar-refractivity contribution in [3.8, 4) is 0 Å². The summed E-state index contributed by atoms with van der Waals surface area (Å²) in [6.07, 6.45) is 1.38. The van der Waals surface area contributed by atoms with Gasteiger partial charge in [0, 0.05) is 18.2 Å². The number of allylic oxidation sites excluding steroid dienone is 1. The van der Waals surface area contributed by atoms with Gasteiger partial charge < -0.3 is 16.0 Å². The quantitative estimate of drug-likeness (QED) is 0.336. The number of nitrogens with one attached hydrogen (secondary N) is 3. The van der Waals surface area contributed by atoms with Crippen LogP contribution < -0.4 is 10.6 Å². The largest absolute Gasteiger partial charge is 0.385 e. The van der Waals surface area contributed by atoms with Crippen LogP contribution in [-0.4, -0.2) is 44.2 Å². The van der Waals surface area contributed by atoms with Gasteiger partial charge in [0.05, 0.1) is 17.1 Å². The van der Waals surface area contributed by atoms with E-state index in [1.54, 1.807) is 0 Å². The molecule has 0 heterocycles. The molecule has 3 N–H and O–H groups in total. The number of likely N-dealkylation sites (N-methyl/N-ethyl adjacent to an activating group) is 1. The summed E-state index contributed by atoms with van der Waals surface area (Å²) in [5, 5.41) is 13.1. The zero-order chi connectivity index (χ0) is 22.6. The summed E-state index contributed by atoms with van der Waals surface area (Å²) in [6, 6.07) is 4.17. The van der Waals surface area contributed by atoms with Crippen molar-refractivity contribution in [1.29, 1.82) is 5.41 Å². The first-order valence-corrected chi connectivity index (χ1v) is 10.4. The molecule has 0 unspecified atom stereocenters. The molecule has 0 aliphatic rings. The molecular weight excluding hydrogens is 397 g/mol. The molecule has 1 aromatic carbocycles. The van der Waals surface area contributed by atoms with Crippen LogP contribution in [0.25, 0.3) is 0 Å². The second-order valence-corrected chi connectivity index (χ2v) is 10.5. The molecule has 1 aromatic rings. The second-order valence-electron chi connectivity index (χ2n) is 8.05. The maximum Gasteiger partial charge on any atom is 0.241 e. The molecule has 0 aromatic heterocycles. The maximum absolute atomic E-state index is 13.1. The third-order valence-corrected chi connectivity index (χ3v) is 6.84. The molecule has 7 nitrogen and oxygen atoms in total. The first kappa shape index (κ1) is 24.5. The van der Waals surface area contributed by atoms with Gasteiger partial charge in [0.25, 0.3) is 0 Å². The fraction of sp³-hybridized carbons (Fsp3) is 0.450. The third-order valence-electron chi connectivity index (χ3n) is 4.42. The van der Waals surface area contributed by atoms with Gasteiger partial charge >= 0.3 is 0 Å². The van der Waals surface area contributed by atoms with Gasteiger partial charge in [-0.1, -0.05) is 20.8 Å². The Bertz CT molecular complexity index is 927. The summed E-state index contributed by atoms with van der Waals surface area (Å²) >= 11 is 0. The highest BCUT2D eigenvalue weighted by atomic mass is 32.2. The van der Waals surface area contributed by atoms with Crippen molar-refractivity contribution >= 4 is 27.2 Å². The number of amides is 1. The molecule has 0 bridgehead atoms. The van der Waals surface area contributed by atoms with E-state index in [4.69, 9.17) is 5.41 Å². The monoisotopic (exact) mass is 425 g/mol. The summed E-state index contributed by atoms with van der Waals surface area (Å²) in [5.74, 6) is -1.95. The lowest BCUT2D eigenvalue weighted by Crippen LogP contribution is -2.49. The Hall–Kier alpha value is -2.55. The van der Waals surface area contributed by atoms with Gasteiger partial charge in [-0.3, -0.25) is 9.59 Å². The number of ketones is 1. The van der Waals surface area contributed by atoms with Crippen molar-refractivity contribution in [3.05, 3.63) is 41.9 Å². The molecular formula is C20H28FN3O4S. The minimum atomic E-state index is -4.12. The van der Waals surface area contributed by atoms with Crippen LogP contribution in [0.4, 0.5) is 4.39 Å². The molecule has 29 heavy (non-hydrogen) atoms. The van der Waals surface area contributed by atoms with Gasteiger partial charge in [-0.25, -0.2) is 12.8 Å². The summed E-state index contributed by atoms with van der Waals surface area (Å²) in [6.45, 7) is 7.48. The first-order chi connectivity index (χ1) is 13.1. The van der Waals surface area contributed by atoms with Crippen molar-refractivity contribution in [2.45, 2.75) is 44.3 Å². The highest BCUT2D eigenvalue weighted by molar-refractivity contribution is 7.93. The normalized spacial score (nSPS) is 13.0. The van der Waals surface area contributed by atoms with Crippen LogP contribution in [0.5, 0.6) is 0 Å². The van der Waals surface area contributed by atoms with Crippen molar-refractivity contribution < 1.29 is 22.4 Å². The van der Waals surface area contributed by atoms with Crippen LogP contribution in [0.3, 0.4) is 0 Å². The van der Waals surface area contributed by atoms with E-state index in [1.807, 2.05) is 20.8 Å². The van der Waals surface area contributed by atoms with Crippen LogP contribution in [0.2, 0.25) is 0 Å². The second kappa shape index (κ2) is 8.86. The number of carbonyl (C=O) groups is 2. The Morgan fingerprint density at radius 3 is 2.07 bits per heavy atom. The van der Waals surface area contributed by atoms with Gasteiger partial charge in [0.2, 0.25) is 5.91 Å². The van der Waals surface area contributed by atoms with Crippen LogP contribution >= 0.6 is 0 Å². The van der Waals surface area contributed by atoms with Crippen molar-refractivity contribution in [2.24, 2.45) is 5.41 Å². The van der Waals surface area contributed by atoms with Crippen molar-refractivity contribution in [1.82, 2.24) is 10.6 Å². The standard InChI is InChI=1S/C20H28FN3O4S/c1-19(2,3)17(22)11-15(23-6)16(25)12-24-18(26)20(4,5)29(27,28)14-9-7-13(21)8-10-14/h7-11,22-23H,12H2,1-6H3,(H,24,26)/b15-11-,22-17?. The van der Waals surface area contributed by atoms with E-state index in [2.05, 4.69) is 10.6 Å². The Morgan fingerprint density at radius 2 is 1.62 bits per heavy atom. The fourth-order valence-corrected chi connectivity index (χ4v) is 3.55. The zero-order valence-electron chi connectivity index (χ0n) is 17.5. The number of sulfone groups is 1. The molecule has 0 aliphatic heterocycles. The molecule has 0 spiro atoms. The molecule has 9 heteroatoms. The minimum Gasteiger partial charge on any atom is -0.385 e. The van der Waals surface area contributed by atoms with E-state index in [1.165, 1.54) is 27.0 Å². The van der Waals surface area contributed by atoms with Crippen molar-refractivity contribution in [2.75, 3.05) is 13.6 Å². The molecule has 0 aliphatic carbocycles. The van der Waals surface area contributed by atoms with Crippen molar-refractivity contribution in [3.63, 3.8) is 0 Å². The average Bonchev–Trinajstić information content (AvgIpc) is 2.62. The number of rotatable bonds is 8. The summed E-state index contributed by atoms with van der Waals surface area (Å²) in [7, 11) is -2.60. The SMILES string of the molecule is CN/C(=C\C(=N)C(C)(C)C)C(=O)CNC(=O)C(C)(C)S(=O)(=O)c1ccc(F)cc1. The van der Waals surface area contributed by atoms with Gasteiger partial charge in [-0.05, 0) is 44.2 Å². The lowest BCUT2D eigenvalue weighted by molar-refractivity contribution is -0.125. The highest BCUT2D eigenvalue weighted by Gasteiger charge is 2.42. The van der Waals surface area contributed by atoms with Gasteiger partial charge in [0.15, 0.2) is 15.6 Å². The number of Topliss-reactive ketones (excluding diaryl/α,β-unsaturated/α-hetero) is 1. The predicted molar refractivity (Wildman–Crippen MR) is 110 cm³/mol. The third kappa shape index (κ3) is 5.72. The number of halogens is 1. The minimum absolute atomic E-state index is 0.129. The van der Waals surface area contributed by atoms with E-state index >= 15 is 0 Å². The van der Waals surface area contributed by atoms with Crippen LogP contribution in [0.1, 0.15) is 34.6 Å². The molecule has 160 valence electrons. The predicted octanol–water partition coefficient (Wildman–Crippen LogP) is 2.23. The van der Waals surface area contributed by atoms with E-state index in [9.17, 15) is 22.4 Å². The van der Waals surface area contributed by atoms with Crippen LogP contribution in [-0.2, 0) is 19.4 Å². The number of benzene rings is 1.